The average Bonchev–Trinajstić information content (AvgIpc) is 2.12. The second-order valence-corrected chi connectivity index (χ2v) is 4.04. The molecule has 1 amide bonds. The molecule has 0 aromatic heterocycles. The highest BCUT2D eigenvalue weighted by Crippen LogP contribution is 2.05. The van der Waals surface area contributed by atoms with E-state index in [-0.39, 0.29) is 11.9 Å². The van der Waals surface area contributed by atoms with Gasteiger partial charge in [0.2, 0.25) is 5.91 Å². The van der Waals surface area contributed by atoms with Crippen LogP contribution in [0.2, 0.25) is 0 Å². The fourth-order valence-corrected chi connectivity index (χ4v) is 1.47. The number of hydrogen-bond acceptors (Lipinski definition) is 2. The summed E-state index contributed by atoms with van der Waals surface area (Å²) < 4.78 is 0. The van der Waals surface area contributed by atoms with Gasteiger partial charge in [-0.15, -0.1) is 0 Å². The molecule has 0 rings (SSSR count). The molecule has 0 aliphatic heterocycles. The topological polar surface area (TPSA) is 55.1 Å². The van der Waals surface area contributed by atoms with Gasteiger partial charge in [0.25, 0.3) is 0 Å². The molecule has 3 nitrogen and oxygen atoms in total. The molecule has 84 valence electrons. The molecule has 0 spiro atoms. The summed E-state index contributed by atoms with van der Waals surface area (Å²) in [7, 11) is 0. The molecule has 0 aromatic rings. The lowest BCUT2D eigenvalue weighted by atomic mass is 10.1. The van der Waals surface area contributed by atoms with Gasteiger partial charge in [-0.25, -0.2) is 0 Å². The Morgan fingerprint density at radius 1 is 1.29 bits per heavy atom. The lowest BCUT2D eigenvalue weighted by Crippen LogP contribution is -2.43. The minimum atomic E-state index is -0.273. The lowest BCUT2D eigenvalue weighted by Gasteiger charge is -2.17. The third kappa shape index (κ3) is 6.89. The highest BCUT2D eigenvalue weighted by Gasteiger charge is 2.10. The Kier molecular flexibility index (Phi) is 7.48. The lowest BCUT2D eigenvalue weighted by molar-refractivity contribution is -0.119. The van der Waals surface area contributed by atoms with Crippen LogP contribution in [0.5, 0.6) is 0 Å². The summed E-state index contributed by atoms with van der Waals surface area (Å²) in [6.45, 7) is 6.12. The van der Waals surface area contributed by atoms with Gasteiger partial charge < -0.3 is 11.1 Å². The maximum atomic E-state index is 10.8. The number of rotatable bonds is 8. The molecular weight excluding hydrogens is 176 g/mol. The van der Waals surface area contributed by atoms with Gasteiger partial charge in [-0.1, -0.05) is 32.6 Å². The van der Waals surface area contributed by atoms with E-state index in [0.29, 0.717) is 6.04 Å². The summed E-state index contributed by atoms with van der Waals surface area (Å²) in [4.78, 5) is 10.8. The van der Waals surface area contributed by atoms with E-state index in [9.17, 15) is 4.79 Å². The summed E-state index contributed by atoms with van der Waals surface area (Å²) in [6, 6.07) is 0.172. The van der Waals surface area contributed by atoms with E-state index in [1.165, 1.54) is 25.7 Å². The molecule has 0 aromatic carbocycles. The van der Waals surface area contributed by atoms with Crippen molar-refractivity contribution in [3.8, 4) is 0 Å². The fraction of sp³-hybridized carbons (Fsp3) is 0.909. The number of nitrogens with one attached hydrogen (secondary N) is 1. The Morgan fingerprint density at radius 3 is 2.43 bits per heavy atom. The summed E-state index contributed by atoms with van der Waals surface area (Å²) in [5, 5.41) is 3.18. The molecule has 3 heteroatoms. The molecule has 14 heavy (non-hydrogen) atoms. The van der Waals surface area contributed by atoms with E-state index in [2.05, 4.69) is 19.2 Å². The van der Waals surface area contributed by atoms with Crippen molar-refractivity contribution in [2.24, 2.45) is 5.73 Å². The molecule has 0 aliphatic rings. The third-order valence-corrected chi connectivity index (χ3v) is 2.45. The first-order chi connectivity index (χ1) is 6.57. The first-order valence-electron chi connectivity index (χ1n) is 5.63. The molecule has 0 radical (unpaired) electrons. The summed E-state index contributed by atoms with van der Waals surface area (Å²) in [5.41, 5.74) is 5.16. The van der Waals surface area contributed by atoms with Gasteiger partial charge in [0, 0.05) is 6.04 Å². The van der Waals surface area contributed by atoms with Gasteiger partial charge in [0.05, 0.1) is 6.04 Å². The van der Waals surface area contributed by atoms with Crippen LogP contribution in [0, 0.1) is 0 Å². The highest BCUT2D eigenvalue weighted by atomic mass is 16.1. The van der Waals surface area contributed by atoms with Crippen LogP contribution in [-0.2, 0) is 4.79 Å². The van der Waals surface area contributed by atoms with Crippen LogP contribution in [-0.4, -0.2) is 18.0 Å². The normalized spacial score (nSPS) is 15.1. The largest absolute Gasteiger partial charge is 0.368 e. The van der Waals surface area contributed by atoms with Crippen molar-refractivity contribution in [2.45, 2.75) is 65.0 Å². The number of amides is 1. The van der Waals surface area contributed by atoms with Crippen molar-refractivity contribution >= 4 is 5.91 Å². The number of hydrogen-bond donors (Lipinski definition) is 2. The zero-order valence-corrected chi connectivity index (χ0v) is 9.68. The van der Waals surface area contributed by atoms with E-state index in [4.69, 9.17) is 5.73 Å². The van der Waals surface area contributed by atoms with Gasteiger partial charge >= 0.3 is 0 Å². The molecule has 0 saturated carbocycles. The van der Waals surface area contributed by atoms with Crippen molar-refractivity contribution in [3.05, 3.63) is 0 Å². The van der Waals surface area contributed by atoms with Gasteiger partial charge in [-0.3, -0.25) is 4.79 Å². The van der Waals surface area contributed by atoms with E-state index in [1.807, 2.05) is 6.92 Å². The van der Waals surface area contributed by atoms with E-state index < -0.39 is 0 Å². The van der Waals surface area contributed by atoms with Gasteiger partial charge in [-0.2, -0.15) is 0 Å². The van der Waals surface area contributed by atoms with Crippen molar-refractivity contribution < 1.29 is 4.79 Å². The standard InChI is InChI=1S/C11H24N2O/c1-4-5-6-7-8-9(2)13-10(3)11(12)14/h9-10,13H,4-8H2,1-3H3,(H2,12,14). The SMILES string of the molecule is CCCCCCC(C)NC(C)C(N)=O. The summed E-state index contributed by atoms with van der Waals surface area (Å²) in [6.07, 6.45) is 6.20. The van der Waals surface area contributed by atoms with E-state index in [1.54, 1.807) is 0 Å². The number of nitrogens with two attached hydrogens (primary N) is 1. The second-order valence-electron chi connectivity index (χ2n) is 4.04. The Hall–Kier alpha value is -0.570. The van der Waals surface area contributed by atoms with E-state index >= 15 is 0 Å². The Bertz CT molecular complexity index is 159. The molecule has 0 fully saturated rings. The van der Waals surface area contributed by atoms with Crippen molar-refractivity contribution in [3.63, 3.8) is 0 Å². The predicted octanol–water partition coefficient (Wildman–Crippen LogP) is 1.81. The van der Waals surface area contributed by atoms with Crippen LogP contribution in [0.4, 0.5) is 0 Å². The minimum Gasteiger partial charge on any atom is -0.368 e. The van der Waals surface area contributed by atoms with E-state index in [0.717, 1.165) is 6.42 Å². The predicted molar refractivity (Wildman–Crippen MR) is 60.0 cm³/mol. The number of carbonyl (C=O) groups excluding carboxylic acids is 1. The quantitative estimate of drug-likeness (QED) is 0.587. The maximum Gasteiger partial charge on any atom is 0.234 e. The monoisotopic (exact) mass is 200 g/mol. The second kappa shape index (κ2) is 7.80. The first kappa shape index (κ1) is 13.4. The Labute approximate surface area is 87.4 Å². The average molecular weight is 200 g/mol. The summed E-state index contributed by atoms with van der Waals surface area (Å²) >= 11 is 0. The van der Waals surface area contributed by atoms with Gasteiger partial charge in [0.1, 0.15) is 0 Å². The third-order valence-electron chi connectivity index (χ3n) is 2.45. The molecule has 0 bridgehead atoms. The van der Waals surface area contributed by atoms with Crippen LogP contribution in [0.25, 0.3) is 0 Å². The molecule has 2 atom stereocenters. The number of primary amides is 1. The van der Waals surface area contributed by atoms with Crippen LogP contribution < -0.4 is 11.1 Å². The van der Waals surface area contributed by atoms with Gasteiger partial charge in [-0.05, 0) is 20.3 Å². The number of carbonyl (C=O) groups is 1. The van der Waals surface area contributed by atoms with Crippen LogP contribution in [0.15, 0.2) is 0 Å². The fourth-order valence-electron chi connectivity index (χ4n) is 1.47. The Morgan fingerprint density at radius 2 is 1.93 bits per heavy atom. The van der Waals surface area contributed by atoms with Crippen LogP contribution in [0.1, 0.15) is 52.9 Å². The molecular formula is C11H24N2O. The van der Waals surface area contributed by atoms with Gasteiger partial charge in [0.15, 0.2) is 0 Å². The minimum absolute atomic E-state index is 0.212. The molecule has 0 heterocycles. The molecule has 0 saturated heterocycles. The zero-order valence-electron chi connectivity index (χ0n) is 9.68. The smallest absolute Gasteiger partial charge is 0.234 e. The molecule has 0 aliphatic carbocycles. The van der Waals surface area contributed by atoms with Crippen molar-refractivity contribution in [2.75, 3.05) is 0 Å². The van der Waals surface area contributed by atoms with Crippen LogP contribution in [0.3, 0.4) is 0 Å². The first-order valence-corrected chi connectivity index (χ1v) is 5.63. The van der Waals surface area contributed by atoms with Crippen molar-refractivity contribution in [1.82, 2.24) is 5.32 Å². The zero-order chi connectivity index (χ0) is 11.0. The molecule has 3 N–H and O–H groups in total. The van der Waals surface area contributed by atoms with Crippen molar-refractivity contribution in [1.29, 1.82) is 0 Å². The summed E-state index contributed by atoms with van der Waals surface area (Å²) in [5.74, 6) is -0.273. The maximum absolute atomic E-state index is 10.8. The highest BCUT2D eigenvalue weighted by molar-refractivity contribution is 5.79. The molecule has 2 unspecified atom stereocenters. The van der Waals surface area contributed by atoms with Crippen LogP contribution >= 0.6 is 0 Å². The number of unbranched alkanes of at least 4 members (excludes halogenated alkanes) is 3. The Balaban J connectivity index is 3.45.